The van der Waals surface area contributed by atoms with Crippen molar-refractivity contribution < 1.29 is 9.53 Å². The number of hydrogen-bond acceptors (Lipinski definition) is 2. The number of carbonyl (C=O) groups is 1. The van der Waals surface area contributed by atoms with Crippen molar-refractivity contribution in [1.82, 2.24) is 0 Å². The highest BCUT2D eigenvalue weighted by Crippen LogP contribution is 2.42. The quantitative estimate of drug-likeness (QED) is 0.284. The molecule has 0 radical (unpaired) electrons. The predicted molar refractivity (Wildman–Crippen MR) is 114 cm³/mol. The molecule has 1 aromatic heterocycles. The maximum absolute atomic E-state index is 12.8. The maximum Gasteiger partial charge on any atom is 0.338 e. The predicted octanol–water partition coefficient (Wildman–Crippen LogP) is 6.79. The van der Waals surface area contributed by atoms with Gasteiger partial charge in [-0.1, -0.05) is 30.4 Å². The van der Waals surface area contributed by atoms with Crippen LogP contribution in [0.4, 0.5) is 0 Å². The molecule has 1 aliphatic carbocycles. The van der Waals surface area contributed by atoms with Crippen LogP contribution in [-0.4, -0.2) is 11.6 Å². The van der Waals surface area contributed by atoms with Gasteiger partial charge in [-0.3, -0.25) is 0 Å². The third-order valence-electron chi connectivity index (χ3n) is 5.43. The summed E-state index contributed by atoms with van der Waals surface area (Å²) in [5.41, 5.74) is 1.44. The highest BCUT2D eigenvalue weighted by Gasteiger charge is 2.33. The van der Waals surface area contributed by atoms with E-state index in [9.17, 15) is 4.79 Å². The Morgan fingerprint density at radius 3 is 2.74 bits per heavy atom. The Morgan fingerprint density at radius 1 is 1.15 bits per heavy atom. The van der Waals surface area contributed by atoms with Crippen molar-refractivity contribution in [2.75, 3.05) is 0 Å². The SMILES string of the molecule is Cc1c[s+](-c2cccc(C(=O)OC(C)(C)C3C=CCC3)c2)c2ccccc12. The van der Waals surface area contributed by atoms with Crippen LogP contribution in [0.25, 0.3) is 15.0 Å². The fourth-order valence-electron chi connectivity index (χ4n) is 3.83. The number of allylic oxidation sites excluding steroid dienone is 1. The molecule has 0 spiro atoms. The van der Waals surface area contributed by atoms with Crippen LogP contribution >= 0.6 is 10.5 Å². The second kappa shape index (κ2) is 6.97. The Balaban J connectivity index is 1.64. The van der Waals surface area contributed by atoms with Crippen LogP contribution in [0.5, 0.6) is 0 Å². The number of rotatable bonds is 4. The average Bonchev–Trinajstić information content (AvgIpc) is 3.31. The van der Waals surface area contributed by atoms with E-state index >= 15 is 0 Å². The van der Waals surface area contributed by atoms with E-state index in [0.29, 0.717) is 11.5 Å². The third kappa shape index (κ3) is 3.44. The standard InChI is InChI=1S/C24H25O2S/c1-17-16-27(22-14-7-6-13-21(17)22)20-12-8-9-18(15-20)23(25)26-24(2,3)19-10-4-5-11-19/h4,6-10,12-16,19H,5,11H2,1-3H3/q+1. The van der Waals surface area contributed by atoms with Gasteiger partial charge < -0.3 is 4.74 Å². The first-order chi connectivity index (χ1) is 13.0. The van der Waals surface area contributed by atoms with E-state index in [4.69, 9.17) is 4.74 Å². The molecule has 2 unspecified atom stereocenters. The van der Waals surface area contributed by atoms with Crippen LogP contribution in [0.3, 0.4) is 0 Å². The van der Waals surface area contributed by atoms with E-state index < -0.39 is 5.60 Å². The second-order valence-electron chi connectivity index (χ2n) is 7.77. The minimum atomic E-state index is -0.487. The molecule has 3 aromatic rings. The van der Waals surface area contributed by atoms with Gasteiger partial charge in [-0.2, -0.15) is 0 Å². The van der Waals surface area contributed by atoms with E-state index in [1.165, 1.54) is 15.6 Å². The number of esters is 1. The van der Waals surface area contributed by atoms with Gasteiger partial charge in [0, 0.05) is 33.4 Å². The third-order valence-corrected chi connectivity index (χ3v) is 7.61. The Morgan fingerprint density at radius 2 is 1.96 bits per heavy atom. The molecule has 3 heteroatoms. The molecule has 0 N–H and O–H groups in total. The molecule has 1 heterocycles. The molecular weight excluding hydrogens is 352 g/mol. The van der Waals surface area contributed by atoms with Crippen LogP contribution in [0.1, 0.15) is 42.6 Å². The van der Waals surface area contributed by atoms with E-state index in [-0.39, 0.29) is 16.4 Å². The fourth-order valence-corrected chi connectivity index (χ4v) is 6.00. The molecule has 138 valence electrons. The summed E-state index contributed by atoms with van der Waals surface area (Å²) in [6.45, 7) is 6.17. The van der Waals surface area contributed by atoms with Crippen LogP contribution in [0.15, 0.2) is 66.1 Å². The van der Waals surface area contributed by atoms with Gasteiger partial charge in [0.2, 0.25) is 0 Å². The van der Waals surface area contributed by atoms with Crippen molar-refractivity contribution >= 4 is 26.5 Å². The molecule has 2 atom stereocenters. The number of benzene rings is 2. The van der Waals surface area contributed by atoms with Gasteiger partial charge in [-0.15, -0.1) is 0 Å². The van der Waals surface area contributed by atoms with Crippen LogP contribution in [0, 0.1) is 12.8 Å². The van der Waals surface area contributed by atoms with Gasteiger partial charge >= 0.3 is 5.97 Å². The highest BCUT2D eigenvalue weighted by molar-refractivity contribution is 7.43. The van der Waals surface area contributed by atoms with Crippen LogP contribution < -0.4 is 0 Å². The summed E-state index contributed by atoms with van der Waals surface area (Å²) in [5, 5.41) is 3.62. The molecule has 0 saturated carbocycles. The summed E-state index contributed by atoms with van der Waals surface area (Å²) in [6, 6.07) is 16.4. The monoisotopic (exact) mass is 377 g/mol. The van der Waals surface area contributed by atoms with Crippen molar-refractivity contribution in [3.8, 4) is 4.90 Å². The summed E-state index contributed by atoms with van der Waals surface area (Å²) in [5.74, 6) is 0.0535. The first-order valence-electron chi connectivity index (χ1n) is 9.47. The van der Waals surface area contributed by atoms with Crippen LogP contribution in [-0.2, 0) is 4.74 Å². The van der Waals surface area contributed by atoms with Crippen molar-refractivity contribution in [2.45, 2.75) is 39.2 Å². The van der Waals surface area contributed by atoms with Gasteiger partial charge in [-0.05, 0) is 57.9 Å². The molecule has 0 aliphatic heterocycles. The van der Waals surface area contributed by atoms with Crippen molar-refractivity contribution in [3.05, 3.63) is 77.2 Å². The van der Waals surface area contributed by atoms with E-state index in [0.717, 1.165) is 17.7 Å². The Bertz CT molecular complexity index is 1030. The summed E-state index contributed by atoms with van der Waals surface area (Å²) < 4.78 is 7.24. The lowest BCUT2D eigenvalue weighted by atomic mass is 9.90. The topological polar surface area (TPSA) is 26.3 Å². The molecule has 0 saturated heterocycles. The number of thiophene rings is 1. The molecule has 27 heavy (non-hydrogen) atoms. The number of fused-ring (bicyclic) bond motifs is 1. The molecule has 2 aromatic carbocycles. The zero-order valence-electron chi connectivity index (χ0n) is 16.1. The van der Waals surface area contributed by atoms with Crippen molar-refractivity contribution in [2.24, 2.45) is 5.92 Å². The number of hydrogen-bond donors (Lipinski definition) is 0. The van der Waals surface area contributed by atoms with Gasteiger partial charge in [0.1, 0.15) is 11.0 Å². The maximum atomic E-state index is 12.8. The molecule has 0 fully saturated rings. The minimum Gasteiger partial charge on any atom is -0.455 e. The lowest BCUT2D eigenvalue weighted by Crippen LogP contribution is -2.35. The zero-order valence-corrected chi connectivity index (χ0v) is 16.9. The lowest BCUT2D eigenvalue weighted by molar-refractivity contribution is -0.0199. The van der Waals surface area contributed by atoms with Gasteiger partial charge in [0.25, 0.3) is 0 Å². The smallest absolute Gasteiger partial charge is 0.338 e. The first kappa shape index (κ1) is 18.0. The molecule has 4 rings (SSSR count). The van der Waals surface area contributed by atoms with E-state index in [1.54, 1.807) is 0 Å². The molecular formula is C24H25O2S+. The molecule has 2 nitrogen and oxygen atoms in total. The number of aryl methyl sites for hydroxylation is 1. The summed E-state index contributed by atoms with van der Waals surface area (Å²) >= 11 is 0. The normalized spacial score (nSPS) is 17.4. The number of carbonyl (C=O) groups excluding carboxylic acids is 1. The fraction of sp³-hybridized carbons (Fsp3) is 0.292. The first-order valence-corrected chi connectivity index (χ1v) is 10.8. The molecule has 0 amide bonds. The molecule has 0 bridgehead atoms. The number of ether oxygens (including phenoxy) is 1. The van der Waals surface area contributed by atoms with Crippen LogP contribution in [0.2, 0.25) is 0 Å². The Kier molecular flexibility index (Phi) is 4.65. The summed E-state index contributed by atoms with van der Waals surface area (Å²) in [6.07, 6.45) is 6.46. The largest absolute Gasteiger partial charge is 0.455 e. The average molecular weight is 378 g/mol. The van der Waals surface area contributed by atoms with Gasteiger partial charge in [0.05, 0.1) is 5.56 Å². The van der Waals surface area contributed by atoms with Crippen molar-refractivity contribution in [1.29, 1.82) is 0 Å². The van der Waals surface area contributed by atoms with Crippen molar-refractivity contribution in [3.63, 3.8) is 0 Å². The van der Waals surface area contributed by atoms with Gasteiger partial charge in [0.15, 0.2) is 9.60 Å². The van der Waals surface area contributed by atoms with E-state index in [2.05, 4.69) is 54.8 Å². The summed E-state index contributed by atoms with van der Waals surface area (Å²) in [7, 11) is -0.129. The lowest BCUT2D eigenvalue weighted by Gasteiger charge is -2.30. The Hall–Kier alpha value is -2.39. The Labute approximate surface area is 163 Å². The second-order valence-corrected chi connectivity index (χ2v) is 9.59. The molecule has 1 aliphatic rings. The van der Waals surface area contributed by atoms with Gasteiger partial charge in [-0.25, -0.2) is 4.79 Å². The zero-order chi connectivity index (χ0) is 19.0. The minimum absolute atomic E-state index is 0.129. The van der Waals surface area contributed by atoms with E-state index in [1.807, 2.05) is 32.0 Å². The summed E-state index contributed by atoms with van der Waals surface area (Å²) in [4.78, 5) is 14.0. The highest BCUT2D eigenvalue weighted by atomic mass is 32.2.